The maximum Gasteiger partial charge on any atom is 0.307 e. The van der Waals surface area contributed by atoms with E-state index in [1.54, 1.807) is 14.2 Å². The number of hydrogen-bond acceptors (Lipinski definition) is 3. The number of rotatable bonds is 7. The summed E-state index contributed by atoms with van der Waals surface area (Å²) in [7, 11) is 3.22. The molecule has 0 aromatic heterocycles. The molecule has 2 aromatic carbocycles. The van der Waals surface area contributed by atoms with Gasteiger partial charge in [0.15, 0.2) is 0 Å². The molecule has 0 radical (unpaired) electrons. The molecule has 0 spiro atoms. The van der Waals surface area contributed by atoms with Gasteiger partial charge in [-0.25, -0.2) is 0 Å². The van der Waals surface area contributed by atoms with Crippen molar-refractivity contribution < 1.29 is 19.4 Å². The van der Waals surface area contributed by atoms with Gasteiger partial charge in [-0.1, -0.05) is 35.9 Å². The summed E-state index contributed by atoms with van der Waals surface area (Å²) in [6.07, 6.45) is 2.45. The third kappa shape index (κ3) is 5.18. The number of aliphatic carboxylic acids is 1. The van der Waals surface area contributed by atoms with E-state index >= 15 is 0 Å². The van der Waals surface area contributed by atoms with E-state index < -0.39 is 5.97 Å². The lowest BCUT2D eigenvalue weighted by molar-refractivity contribution is -0.136. The van der Waals surface area contributed by atoms with E-state index in [0.717, 1.165) is 28.2 Å². The summed E-state index contributed by atoms with van der Waals surface area (Å²) in [5, 5.41) is 9.15. The molecule has 4 nitrogen and oxygen atoms in total. The second-order valence-electron chi connectivity index (χ2n) is 5.18. The zero-order valence-corrected chi connectivity index (χ0v) is 13.3. The van der Waals surface area contributed by atoms with E-state index in [0.29, 0.717) is 6.42 Å². The fourth-order valence-corrected chi connectivity index (χ4v) is 2.37. The molecule has 0 aliphatic heterocycles. The molecule has 0 aliphatic rings. The summed E-state index contributed by atoms with van der Waals surface area (Å²) in [4.78, 5) is 11.1. The SMILES string of the molecule is COc1cccc(/C=C(/CC(=O)O)Cc2cccc(OC)c2)c1. The van der Waals surface area contributed by atoms with Crippen molar-refractivity contribution in [2.75, 3.05) is 14.2 Å². The molecule has 0 atom stereocenters. The van der Waals surface area contributed by atoms with Gasteiger partial charge in [-0.05, 0) is 41.8 Å². The van der Waals surface area contributed by atoms with Crippen molar-refractivity contribution in [2.45, 2.75) is 12.8 Å². The van der Waals surface area contributed by atoms with Crippen LogP contribution >= 0.6 is 0 Å². The van der Waals surface area contributed by atoms with Gasteiger partial charge in [-0.15, -0.1) is 0 Å². The maximum absolute atomic E-state index is 11.1. The Bertz CT molecular complexity index is 704. The Balaban J connectivity index is 2.28. The van der Waals surface area contributed by atoms with Crippen LogP contribution in [0.4, 0.5) is 0 Å². The van der Waals surface area contributed by atoms with Gasteiger partial charge in [0.05, 0.1) is 20.6 Å². The predicted octanol–water partition coefficient (Wildman–Crippen LogP) is 3.80. The van der Waals surface area contributed by atoms with E-state index in [4.69, 9.17) is 14.6 Å². The van der Waals surface area contributed by atoms with Gasteiger partial charge in [-0.3, -0.25) is 4.79 Å². The highest BCUT2D eigenvalue weighted by atomic mass is 16.5. The average Bonchev–Trinajstić information content (AvgIpc) is 2.54. The zero-order valence-electron chi connectivity index (χ0n) is 13.3. The Morgan fingerprint density at radius 3 is 2.35 bits per heavy atom. The van der Waals surface area contributed by atoms with Crippen molar-refractivity contribution in [3.63, 3.8) is 0 Å². The highest BCUT2D eigenvalue weighted by molar-refractivity contribution is 5.73. The molecule has 4 heteroatoms. The highest BCUT2D eigenvalue weighted by Gasteiger charge is 2.07. The number of hydrogen-bond donors (Lipinski definition) is 1. The first-order chi connectivity index (χ1) is 11.1. The van der Waals surface area contributed by atoms with Crippen LogP contribution in [0.25, 0.3) is 6.08 Å². The van der Waals surface area contributed by atoms with Crippen LogP contribution in [0.15, 0.2) is 54.1 Å². The summed E-state index contributed by atoms with van der Waals surface area (Å²) >= 11 is 0. The fraction of sp³-hybridized carbons (Fsp3) is 0.211. The topological polar surface area (TPSA) is 55.8 Å². The Hall–Kier alpha value is -2.75. The maximum atomic E-state index is 11.1. The summed E-state index contributed by atoms with van der Waals surface area (Å²) in [5.74, 6) is 0.662. The Labute approximate surface area is 136 Å². The number of carboxylic acids is 1. The van der Waals surface area contributed by atoms with Crippen molar-refractivity contribution in [3.05, 3.63) is 65.2 Å². The number of methoxy groups -OCH3 is 2. The number of carbonyl (C=O) groups is 1. The molecule has 0 fully saturated rings. The van der Waals surface area contributed by atoms with Gasteiger partial charge >= 0.3 is 5.97 Å². The molecular weight excluding hydrogens is 292 g/mol. The first-order valence-corrected chi connectivity index (χ1v) is 7.29. The first kappa shape index (κ1) is 16.6. The standard InChI is InChI=1S/C19H20O4/c1-22-17-7-3-5-14(11-17)9-16(13-19(20)21)10-15-6-4-8-18(12-15)23-2/h3-9,11-12H,10,13H2,1-2H3,(H,20,21)/b16-9+. The van der Waals surface area contributed by atoms with Crippen molar-refractivity contribution in [1.82, 2.24) is 0 Å². The minimum atomic E-state index is -0.845. The molecule has 23 heavy (non-hydrogen) atoms. The third-order valence-electron chi connectivity index (χ3n) is 3.41. The Kier molecular flexibility index (Phi) is 5.80. The molecule has 0 amide bonds. The molecule has 0 saturated carbocycles. The van der Waals surface area contributed by atoms with E-state index in [9.17, 15) is 4.79 Å². The highest BCUT2D eigenvalue weighted by Crippen LogP contribution is 2.21. The third-order valence-corrected chi connectivity index (χ3v) is 3.41. The normalized spacial score (nSPS) is 11.1. The molecule has 2 rings (SSSR count). The van der Waals surface area contributed by atoms with E-state index in [2.05, 4.69) is 0 Å². The van der Waals surface area contributed by atoms with Crippen LogP contribution in [0.5, 0.6) is 11.5 Å². The summed E-state index contributed by atoms with van der Waals surface area (Å²) < 4.78 is 10.4. The minimum absolute atomic E-state index is 0.00554. The van der Waals surface area contributed by atoms with Crippen LogP contribution in [-0.2, 0) is 11.2 Å². The second kappa shape index (κ2) is 8.03. The second-order valence-corrected chi connectivity index (χ2v) is 5.18. The van der Waals surface area contributed by atoms with E-state index in [-0.39, 0.29) is 6.42 Å². The Morgan fingerprint density at radius 2 is 1.70 bits per heavy atom. The largest absolute Gasteiger partial charge is 0.497 e. The molecular formula is C19H20O4. The molecule has 0 heterocycles. The van der Waals surface area contributed by atoms with Crippen LogP contribution in [0.1, 0.15) is 17.5 Å². The lowest BCUT2D eigenvalue weighted by atomic mass is 9.99. The monoisotopic (exact) mass is 312 g/mol. The van der Waals surface area contributed by atoms with E-state index in [1.807, 2.05) is 54.6 Å². The molecule has 0 saturated heterocycles. The van der Waals surface area contributed by atoms with Crippen molar-refractivity contribution in [3.8, 4) is 11.5 Å². The summed E-state index contributed by atoms with van der Waals surface area (Å²) in [6, 6.07) is 15.2. The number of benzene rings is 2. The van der Waals surface area contributed by atoms with Crippen molar-refractivity contribution >= 4 is 12.0 Å². The van der Waals surface area contributed by atoms with Crippen LogP contribution in [-0.4, -0.2) is 25.3 Å². The quantitative estimate of drug-likeness (QED) is 0.845. The summed E-state index contributed by atoms with van der Waals surface area (Å²) in [5.41, 5.74) is 2.75. The molecule has 1 N–H and O–H groups in total. The van der Waals surface area contributed by atoms with Gasteiger partial charge in [0.25, 0.3) is 0 Å². The van der Waals surface area contributed by atoms with Gasteiger partial charge < -0.3 is 14.6 Å². The van der Waals surface area contributed by atoms with Crippen LogP contribution < -0.4 is 9.47 Å². The lowest BCUT2D eigenvalue weighted by Crippen LogP contribution is -2.00. The molecule has 0 unspecified atom stereocenters. The molecule has 0 bridgehead atoms. The zero-order chi connectivity index (χ0) is 16.7. The average molecular weight is 312 g/mol. The smallest absolute Gasteiger partial charge is 0.307 e. The van der Waals surface area contributed by atoms with Gasteiger partial charge in [0, 0.05) is 0 Å². The van der Waals surface area contributed by atoms with Crippen LogP contribution in [0.3, 0.4) is 0 Å². The predicted molar refractivity (Wildman–Crippen MR) is 89.9 cm³/mol. The summed E-state index contributed by atoms with van der Waals surface area (Å²) in [6.45, 7) is 0. The number of carboxylic acid groups (broad SMARTS) is 1. The van der Waals surface area contributed by atoms with Gasteiger partial charge in [-0.2, -0.15) is 0 Å². The van der Waals surface area contributed by atoms with Gasteiger partial charge in [0.2, 0.25) is 0 Å². The van der Waals surface area contributed by atoms with Crippen molar-refractivity contribution in [1.29, 1.82) is 0 Å². The fourth-order valence-electron chi connectivity index (χ4n) is 2.37. The minimum Gasteiger partial charge on any atom is -0.497 e. The van der Waals surface area contributed by atoms with Crippen LogP contribution in [0, 0.1) is 0 Å². The van der Waals surface area contributed by atoms with Crippen molar-refractivity contribution in [2.24, 2.45) is 0 Å². The molecule has 0 aliphatic carbocycles. The lowest BCUT2D eigenvalue weighted by Gasteiger charge is -2.08. The number of ether oxygens (including phenoxy) is 2. The first-order valence-electron chi connectivity index (χ1n) is 7.29. The Morgan fingerprint density at radius 1 is 1.04 bits per heavy atom. The molecule has 120 valence electrons. The molecule has 2 aromatic rings. The van der Waals surface area contributed by atoms with Gasteiger partial charge in [0.1, 0.15) is 11.5 Å². The van der Waals surface area contributed by atoms with E-state index in [1.165, 1.54) is 0 Å². The van der Waals surface area contributed by atoms with Crippen LogP contribution in [0.2, 0.25) is 0 Å².